The highest BCUT2D eigenvalue weighted by Crippen LogP contribution is 2.21. The number of aliphatic hydroxyl groups excluding tert-OH is 1. The zero-order valence-electron chi connectivity index (χ0n) is 10.4. The van der Waals surface area contributed by atoms with Gasteiger partial charge in [-0.2, -0.15) is 0 Å². The Morgan fingerprint density at radius 2 is 2.13 bits per heavy atom. The van der Waals surface area contributed by atoms with E-state index in [1.165, 1.54) is 6.42 Å². The van der Waals surface area contributed by atoms with E-state index >= 15 is 0 Å². The van der Waals surface area contributed by atoms with Gasteiger partial charge in [-0.1, -0.05) is 13.8 Å². The first kappa shape index (κ1) is 12.9. The summed E-state index contributed by atoms with van der Waals surface area (Å²) in [7, 11) is 2.02. The largest absolute Gasteiger partial charge is 0.393 e. The fourth-order valence-corrected chi connectivity index (χ4v) is 2.55. The van der Waals surface area contributed by atoms with Gasteiger partial charge in [-0.25, -0.2) is 0 Å². The molecule has 0 radical (unpaired) electrons. The highest BCUT2D eigenvalue weighted by atomic mass is 16.3. The van der Waals surface area contributed by atoms with Crippen LogP contribution in [0.5, 0.6) is 0 Å². The number of likely N-dealkylation sites (tertiary alicyclic amines) is 1. The molecule has 0 aromatic heterocycles. The molecule has 1 saturated heterocycles. The van der Waals surface area contributed by atoms with Gasteiger partial charge in [-0.05, 0) is 38.8 Å². The van der Waals surface area contributed by atoms with Gasteiger partial charge >= 0.3 is 0 Å². The van der Waals surface area contributed by atoms with E-state index < -0.39 is 0 Å². The lowest BCUT2D eigenvalue weighted by Gasteiger charge is -2.39. The Labute approximate surface area is 93.9 Å². The molecule has 1 heterocycles. The van der Waals surface area contributed by atoms with E-state index in [-0.39, 0.29) is 6.10 Å². The number of nitrogens with zero attached hydrogens (tertiary/aromatic N) is 1. The lowest BCUT2D eigenvalue weighted by molar-refractivity contribution is 0.0369. The Bertz CT molecular complexity index is 175. The lowest BCUT2D eigenvalue weighted by Crippen LogP contribution is -2.50. The van der Waals surface area contributed by atoms with Crippen molar-refractivity contribution in [3.63, 3.8) is 0 Å². The molecule has 1 rings (SSSR count). The topological polar surface area (TPSA) is 35.5 Å². The van der Waals surface area contributed by atoms with Gasteiger partial charge in [0.1, 0.15) is 0 Å². The van der Waals surface area contributed by atoms with Gasteiger partial charge in [0.05, 0.1) is 6.10 Å². The van der Waals surface area contributed by atoms with Crippen LogP contribution < -0.4 is 5.32 Å². The van der Waals surface area contributed by atoms with Crippen LogP contribution in [-0.4, -0.2) is 48.8 Å². The Morgan fingerprint density at radius 1 is 1.40 bits per heavy atom. The molecule has 15 heavy (non-hydrogen) atoms. The third-order valence-corrected chi connectivity index (χ3v) is 3.47. The van der Waals surface area contributed by atoms with Crippen molar-refractivity contribution < 1.29 is 5.11 Å². The van der Waals surface area contributed by atoms with Crippen LogP contribution in [-0.2, 0) is 0 Å². The molecule has 0 aromatic carbocycles. The van der Waals surface area contributed by atoms with Gasteiger partial charge in [-0.15, -0.1) is 0 Å². The molecule has 0 bridgehead atoms. The van der Waals surface area contributed by atoms with E-state index in [9.17, 15) is 5.11 Å². The molecule has 90 valence electrons. The first-order valence-corrected chi connectivity index (χ1v) is 6.28. The Morgan fingerprint density at radius 3 is 2.67 bits per heavy atom. The molecule has 2 N–H and O–H groups in total. The van der Waals surface area contributed by atoms with Gasteiger partial charge < -0.3 is 15.3 Å². The van der Waals surface area contributed by atoms with E-state index in [1.807, 2.05) is 7.05 Å². The third-order valence-electron chi connectivity index (χ3n) is 3.47. The van der Waals surface area contributed by atoms with E-state index in [1.54, 1.807) is 0 Å². The van der Waals surface area contributed by atoms with Crippen molar-refractivity contribution in [3.8, 4) is 0 Å². The first-order valence-electron chi connectivity index (χ1n) is 6.28. The lowest BCUT2D eigenvalue weighted by atomic mass is 9.88. The molecule has 0 saturated carbocycles. The van der Waals surface area contributed by atoms with Crippen LogP contribution in [0.3, 0.4) is 0 Å². The second-order valence-electron chi connectivity index (χ2n) is 4.72. The summed E-state index contributed by atoms with van der Waals surface area (Å²) in [5.74, 6) is 0.452. The number of aliphatic hydroxyl groups is 1. The molecule has 1 aliphatic rings. The molecule has 3 atom stereocenters. The minimum absolute atomic E-state index is 0.125. The predicted octanol–water partition coefficient (Wildman–Crippen LogP) is 1.08. The average molecular weight is 214 g/mol. The maximum absolute atomic E-state index is 9.93. The molecule has 0 spiro atoms. The molecule has 1 fully saturated rings. The predicted molar refractivity (Wildman–Crippen MR) is 64.0 cm³/mol. The summed E-state index contributed by atoms with van der Waals surface area (Å²) < 4.78 is 0. The van der Waals surface area contributed by atoms with Crippen LogP contribution in [0.25, 0.3) is 0 Å². The zero-order valence-corrected chi connectivity index (χ0v) is 10.4. The van der Waals surface area contributed by atoms with Crippen LogP contribution in [0.4, 0.5) is 0 Å². The van der Waals surface area contributed by atoms with Crippen molar-refractivity contribution in [2.45, 2.75) is 45.3 Å². The van der Waals surface area contributed by atoms with Crippen molar-refractivity contribution in [1.82, 2.24) is 10.2 Å². The maximum Gasteiger partial charge on any atom is 0.0578 e. The normalized spacial score (nSPS) is 30.4. The minimum atomic E-state index is -0.125. The summed E-state index contributed by atoms with van der Waals surface area (Å²) in [6, 6.07) is 0.552. The summed E-state index contributed by atoms with van der Waals surface area (Å²) >= 11 is 0. The standard InChI is InChI=1S/C12H26N2O/c1-4-6-14-8-10(12(15)5-2)7-11(9-14)13-3/h10-13,15H,4-9H2,1-3H3. The fourth-order valence-electron chi connectivity index (χ4n) is 2.55. The molecular formula is C12H26N2O. The van der Waals surface area contributed by atoms with Crippen molar-refractivity contribution in [2.24, 2.45) is 5.92 Å². The number of hydrogen-bond donors (Lipinski definition) is 2. The Hall–Kier alpha value is -0.120. The quantitative estimate of drug-likeness (QED) is 0.719. The smallest absolute Gasteiger partial charge is 0.0578 e. The number of rotatable bonds is 5. The maximum atomic E-state index is 9.93. The molecule has 3 nitrogen and oxygen atoms in total. The summed E-state index contributed by atoms with van der Waals surface area (Å²) in [4.78, 5) is 2.48. The highest BCUT2D eigenvalue weighted by Gasteiger charge is 2.29. The van der Waals surface area contributed by atoms with Gasteiger partial charge in [0.25, 0.3) is 0 Å². The number of piperidine rings is 1. The molecule has 3 unspecified atom stereocenters. The average Bonchev–Trinajstić information content (AvgIpc) is 2.28. The van der Waals surface area contributed by atoms with Gasteiger partial charge in [0.15, 0.2) is 0 Å². The van der Waals surface area contributed by atoms with Crippen LogP contribution in [0.15, 0.2) is 0 Å². The molecular weight excluding hydrogens is 188 g/mol. The van der Waals surface area contributed by atoms with Crippen LogP contribution >= 0.6 is 0 Å². The number of likely N-dealkylation sites (N-methyl/N-ethyl adjacent to an activating group) is 1. The SMILES string of the molecule is CCCN1CC(NC)CC(C(O)CC)C1. The zero-order chi connectivity index (χ0) is 11.3. The van der Waals surface area contributed by atoms with E-state index in [0.29, 0.717) is 12.0 Å². The van der Waals surface area contributed by atoms with Crippen molar-refractivity contribution in [2.75, 3.05) is 26.7 Å². The summed E-state index contributed by atoms with van der Waals surface area (Å²) in [6.07, 6.45) is 3.07. The molecule has 0 amide bonds. The molecule has 3 heteroatoms. The van der Waals surface area contributed by atoms with Gasteiger partial charge in [0, 0.05) is 19.1 Å². The van der Waals surface area contributed by atoms with E-state index in [0.717, 1.165) is 32.5 Å². The minimum Gasteiger partial charge on any atom is -0.393 e. The third kappa shape index (κ3) is 3.74. The fraction of sp³-hybridized carbons (Fsp3) is 1.00. The highest BCUT2D eigenvalue weighted by molar-refractivity contribution is 4.85. The molecule has 1 aliphatic heterocycles. The van der Waals surface area contributed by atoms with Gasteiger partial charge in [0.2, 0.25) is 0 Å². The van der Waals surface area contributed by atoms with Crippen LogP contribution in [0.2, 0.25) is 0 Å². The van der Waals surface area contributed by atoms with Crippen molar-refractivity contribution in [1.29, 1.82) is 0 Å². The van der Waals surface area contributed by atoms with E-state index in [2.05, 4.69) is 24.1 Å². The molecule has 0 aromatic rings. The summed E-state index contributed by atoms with van der Waals surface area (Å²) in [5, 5.41) is 13.3. The van der Waals surface area contributed by atoms with Gasteiger partial charge in [-0.3, -0.25) is 0 Å². The van der Waals surface area contributed by atoms with Crippen LogP contribution in [0, 0.1) is 5.92 Å². The Kier molecular flexibility index (Phi) is 5.58. The Balaban J connectivity index is 2.50. The number of hydrogen-bond acceptors (Lipinski definition) is 3. The number of nitrogens with one attached hydrogen (secondary N) is 1. The van der Waals surface area contributed by atoms with Crippen molar-refractivity contribution >= 4 is 0 Å². The first-order chi connectivity index (χ1) is 7.21. The van der Waals surface area contributed by atoms with E-state index in [4.69, 9.17) is 0 Å². The second kappa shape index (κ2) is 6.46. The van der Waals surface area contributed by atoms with Crippen LogP contribution in [0.1, 0.15) is 33.1 Å². The summed E-state index contributed by atoms with van der Waals surface area (Å²) in [6.45, 7) is 7.65. The van der Waals surface area contributed by atoms with Crippen molar-refractivity contribution in [3.05, 3.63) is 0 Å². The molecule has 0 aliphatic carbocycles. The monoisotopic (exact) mass is 214 g/mol. The second-order valence-corrected chi connectivity index (χ2v) is 4.72. The summed E-state index contributed by atoms with van der Waals surface area (Å²) in [5.41, 5.74) is 0.